The lowest BCUT2D eigenvalue weighted by molar-refractivity contribution is 0.827. The molecule has 158 valence electrons. The topological polar surface area (TPSA) is 8.17 Å². The molecule has 0 bridgehead atoms. The van der Waals surface area contributed by atoms with Crippen molar-refractivity contribution in [1.29, 1.82) is 0 Å². The van der Waals surface area contributed by atoms with Gasteiger partial charge in [0.25, 0.3) is 0 Å². The van der Waals surface area contributed by atoms with Crippen LogP contribution in [0.5, 0.6) is 0 Å². The fraction of sp³-hybridized carbons (Fsp3) is 0.200. The SMILES string of the molecule is CCc1ccc2c(c1)-c1ccccc1-c1cc3c(cc1N2CC)c1ccccc1n3CC. The minimum atomic E-state index is 0.928. The lowest BCUT2D eigenvalue weighted by atomic mass is 9.93. The quantitative estimate of drug-likeness (QED) is 0.288. The van der Waals surface area contributed by atoms with Crippen molar-refractivity contribution in [1.82, 2.24) is 4.57 Å². The van der Waals surface area contributed by atoms with Gasteiger partial charge in [0.15, 0.2) is 0 Å². The summed E-state index contributed by atoms with van der Waals surface area (Å²) in [5.74, 6) is 0. The lowest BCUT2D eigenvalue weighted by Crippen LogP contribution is -2.16. The molecule has 0 fully saturated rings. The van der Waals surface area contributed by atoms with Crippen LogP contribution in [0.4, 0.5) is 11.4 Å². The molecule has 6 rings (SSSR count). The van der Waals surface area contributed by atoms with E-state index in [0.717, 1.165) is 19.5 Å². The van der Waals surface area contributed by atoms with Gasteiger partial charge in [-0.25, -0.2) is 0 Å². The maximum Gasteiger partial charge on any atom is 0.0499 e. The third-order valence-electron chi connectivity index (χ3n) is 7.08. The molecular weight excluding hydrogens is 388 g/mol. The first kappa shape index (κ1) is 19.2. The van der Waals surface area contributed by atoms with Gasteiger partial charge in [0.2, 0.25) is 0 Å². The van der Waals surface area contributed by atoms with Gasteiger partial charge >= 0.3 is 0 Å². The summed E-state index contributed by atoms with van der Waals surface area (Å²) in [6.45, 7) is 8.63. The highest BCUT2D eigenvalue weighted by molar-refractivity contribution is 6.13. The number of aromatic nitrogens is 1. The second-order valence-corrected chi connectivity index (χ2v) is 8.64. The van der Waals surface area contributed by atoms with Crippen molar-refractivity contribution in [3.63, 3.8) is 0 Å². The molecule has 2 nitrogen and oxygen atoms in total. The highest BCUT2D eigenvalue weighted by atomic mass is 15.1. The summed E-state index contributed by atoms with van der Waals surface area (Å²) in [6.07, 6.45) is 1.05. The van der Waals surface area contributed by atoms with Gasteiger partial charge in [0.05, 0.1) is 0 Å². The molecule has 1 aromatic heterocycles. The van der Waals surface area contributed by atoms with E-state index in [-0.39, 0.29) is 0 Å². The molecular formula is C30H28N2. The van der Waals surface area contributed by atoms with Crippen molar-refractivity contribution in [2.24, 2.45) is 0 Å². The van der Waals surface area contributed by atoms with Crippen molar-refractivity contribution in [2.45, 2.75) is 33.7 Å². The smallest absolute Gasteiger partial charge is 0.0499 e. The molecule has 0 aliphatic carbocycles. The van der Waals surface area contributed by atoms with Crippen LogP contribution in [-0.2, 0) is 13.0 Å². The summed E-state index contributed by atoms with van der Waals surface area (Å²) >= 11 is 0. The fourth-order valence-corrected chi connectivity index (χ4v) is 5.54. The molecule has 0 unspecified atom stereocenters. The number of hydrogen-bond acceptors (Lipinski definition) is 1. The Morgan fingerprint density at radius 3 is 2.00 bits per heavy atom. The van der Waals surface area contributed by atoms with E-state index >= 15 is 0 Å². The fourth-order valence-electron chi connectivity index (χ4n) is 5.54. The zero-order chi connectivity index (χ0) is 21.8. The molecule has 0 radical (unpaired) electrons. The minimum absolute atomic E-state index is 0.928. The van der Waals surface area contributed by atoms with Crippen LogP contribution in [0, 0.1) is 0 Å². The van der Waals surface area contributed by atoms with Crippen LogP contribution in [0.2, 0.25) is 0 Å². The van der Waals surface area contributed by atoms with Crippen LogP contribution >= 0.6 is 0 Å². The number of para-hydroxylation sites is 1. The Balaban J connectivity index is 1.77. The molecule has 2 heteroatoms. The number of fused-ring (bicyclic) bond motifs is 8. The molecule has 0 saturated heterocycles. The number of aryl methyl sites for hydroxylation is 2. The third-order valence-corrected chi connectivity index (χ3v) is 7.08. The van der Waals surface area contributed by atoms with Gasteiger partial charge in [0, 0.05) is 57.4 Å². The lowest BCUT2D eigenvalue weighted by Gasteiger charge is -2.26. The van der Waals surface area contributed by atoms with Crippen molar-refractivity contribution < 1.29 is 0 Å². The number of hydrogen-bond donors (Lipinski definition) is 0. The maximum atomic E-state index is 2.50. The predicted octanol–water partition coefficient (Wildman–Crippen LogP) is 8.18. The number of rotatable bonds is 3. The van der Waals surface area contributed by atoms with Crippen LogP contribution in [0.3, 0.4) is 0 Å². The van der Waals surface area contributed by atoms with Crippen LogP contribution < -0.4 is 4.90 Å². The Labute approximate surface area is 189 Å². The van der Waals surface area contributed by atoms with E-state index in [1.165, 1.54) is 61.0 Å². The van der Waals surface area contributed by atoms with Crippen LogP contribution in [-0.4, -0.2) is 11.1 Å². The van der Waals surface area contributed by atoms with Crippen molar-refractivity contribution in [2.75, 3.05) is 11.4 Å². The minimum Gasteiger partial charge on any atom is -0.341 e. The van der Waals surface area contributed by atoms with Gasteiger partial charge in [-0.3, -0.25) is 0 Å². The van der Waals surface area contributed by atoms with Crippen molar-refractivity contribution in [3.05, 3.63) is 84.4 Å². The van der Waals surface area contributed by atoms with Crippen LogP contribution in [0.15, 0.2) is 78.9 Å². The number of anilines is 2. The highest BCUT2D eigenvalue weighted by Crippen LogP contribution is 2.49. The first-order valence-electron chi connectivity index (χ1n) is 11.8. The Bertz CT molecular complexity index is 1490. The van der Waals surface area contributed by atoms with E-state index in [1.807, 2.05) is 0 Å². The first-order chi connectivity index (χ1) is 15.7. The Morgan fingerprint density at radius 2 is 1.28 bits per heavy atom. The number of nitrogens with zero attached hydrogens (tertiary/aromatic N) is 2. The molecule has 0 N–H and O–H groups in total. The summed E-state index contributed by atoms with van der Waals surface area (Å²) in [7, 11) is 0. The van der Waals surface area contributed by atoms with E-state index < -0.39 is 0 Å². The molecule has 0 atom stereocenters. The van der Waals surface area contributed by atoms with E-state index in [4.69, 9.17) is 0 Å². The van der Waals surface area contributed by atoms with E-state index in [2.05, 4.69) is 109 Å². The molecule has 0 saturated carbocycles. The molecule has 4 aromatic carbocycles. The van der Waals surface area contributed by atoms with E-state index in [1.54, 1.807) is 0 Å². The summed E-state index contributed by atoms with van der Waals surface area (Å²) in [6, 6.07) is 29.6. The van der Waals surface area contributed by atoms with Gasteiger partial charge in [-0.15, -0.1) is 0 Å². The summed E-state index contributed by atoms with van der Waals surface area (Å²) < 4.78 is 2.46. The zero-order valence-electron chi connectivity index (χ0n) is 19.0. The molecule has 1 aliphatic heterocycles. The van der Waals surface area contributed by atoms with Gasteiger partial charge < -0.3 is 9.47 Å². The monoisotopic (exact) mass is 416 g/mol. The van der Waals surface area contributed by atoms with Crippen molar-refractivity contribution >= 4 is 33.2 Å². The Morgan fingerprint density at radius 1 is 0.562 bits per heavy atom. The van der Waals surface area contributed by atoms with Gasteiger partial charge in [-0.05, 0) is 67.3 Å². The van der Waals surface area contributed by atoms with E-state index in [9.17, 15) is 0 Å². The highest BCUT2D eigenvalue weighted by Gasteiger charge is 2.25. The van der Waals surface area contributed by atoms with Crippen LogP contribution in [0.1, 0.15) is 26.3 Å². The standard InChI is InChI=1S/C30H28N2/c1-4-20-15-16-28-24(17-20)21-11-7-8-12-22(21)25-18-30-26(19-29(25)32(28)6-3)23-13-9-10-14-27(23)31(30)5-2/h7-19H,4-6H2,1-3H3. The molecule has 1 aliphatic rings. The molecule has 0 spiro atoms. The summed E-state index contributed by atoms with van der Waals surface area (Å²) in [4.78, 5) is 2.50. The zero-order valence-corrected chi connectivity index (χ0v) is 19.0. The van der Waals surface area contributed by atoms with E-state index in [0.29, 0.717) is 0 Å². The van der Waals surface area contributed by atoms with Crippen molar-refractivity contribution in [3.8, 4) is 22.3 Å². The predicted molar refractivity (Wildman–Crippen MR) is 138 cm³/mol. The largest absolute Gasteiger partial charge is 0.341 e. The van der Waals surface area contributed by atoms with Gasteiger partial charge in [-0.2, -0.15) is 0 Å². The Kier molecular flexibility index (Phi) is 4.36. The number of benzene rings is 4. The average Bonchev–Trinajstić information content (AvgIpc) is 3.10. The van der Waals surface area contributed by atoms with Gasteiger partial charge in [0.1, 0.15) is 0 Å². The first-order valence-corrected chi connectivity index (χ1v) is 11.8. The molecule has 2 heterocycles. The summed E-state index contributed by atoms with van der Waals surface area (Å²) in [5.41, 5.74) is 11.9. The van der Waals surface area contributed by atoms with Gasteiger partial charge in [-0.1, -0.05) is 55.5 Å². The second kappa shape index (κ2) is 7.27. The third kappa shape index (κ3) is 2.59. The normalized spacial score (nSPS) is 12.5. The average molecular weight is 417 g/mol. The Hall–Kier alpha value is -3.52. The molecule has 0 amide bonds. The summed E-state index contributed by atoms with van der Waals surface area (Å²) in [5, 5.41) is 2.67. The molecule has 32 heavy (non-hydrogen) atoms. The second-order valence-electron chi connectivity index (χ2n) is 8.64. The molecule has 5 aromatic rings. The van der Waals surface area contributed by atoms with Crippen LogP contribution in [0.25, 0.3) is 44.1 Å². The maximum absolute atomic E-state index is 2.50.